The molecule has 4 aliphatic heterocycles. The van der Waals surface area contributed by atoms with Crippen LogP contribution in [0.4, 0.5) is 4.79 Å². The number of aliphatic carboxylic acids is 1. The van der Waals surface area contributed by atoms with Gasteiger partial charge < -0.3 is 24.4 Å². The number of carboxylic acid groups (broad SMARTS) is 1. The molecule has 0 aromatic heterocycles. The molecule has 1 N–H and O–H groups in total. The number of aliphatic imine (C=N–C) groups is 1. The van der Waals surface area contributed by atoms with Gasteiger partial charge in [0.05, 0.1) is 16.4 Å². The van der Waals surface area contributed by atoms with Crippen LogP contribution in [0.2, 0.25) is 0 Å². The monoisotopic (exact) mass is 590 g/mol. The molecule has 0 bridgehead atoms. The minimum atomic E-state index is -2.04. The van der Waals surface area contributed by atoms with E-state index in [1.165, 1.54) is 18.2 Å². The van der Waals surface area contributed by atoms with Crippen LogP contribution in [-0.2, 0) is 39.5 Å². The van der Waals surface area contributed by atoms with Crippen LogP contribution in [0.25, 0.3) is 0 Å². The van der Waals surface area contributed by atoms with Gasteiger partial charge in [0.25, 0.3) is 5.91 Å². The number of rotatable bonds is 8. The van der Waals surface area contributed by atoms with Gasteiger partial charge in [0.1, 0.15) is 12.3 Å². The van der Waals surface area contributed by atoms with Gasteiger partial charge in [-0.05, 0) is 52.0 Å². The van der Waals surface area contributed by atoms with E-state index in [2.05, 4.69) is 11.6 Å². The average molecular weight is 591 g/mol. The van der Waals surface area contributed by atoms with Gasteiger partial charge in [0, 0.05) is 37.3 Å². The molecule has 0 aromatic rings. The standard InChI is InChI=1S/C27H34N4O9S/c1-5-12-39-26(37)29-9-6-16(7-10-29)14-30-11-8-17(22(30)33)13-18-19(25(35)36)31-23(34)20(40-27(2,3)4)24(31)41(38)21(18)28-15-32/h5,13,16,20-21,24H,1,6-12,14H2,2-4H3,(H,35,36)/t20-,21?,24-,41+/m1/s1. The second kappa shape index (κ2) is 12.1. The zero-order valence-corrected chi connectivity index (χ0v) is 24.1. The van der Waals surface area contributed by atoms with Crippen molar-refractivity contribution in [2.75, 3.05) is 32.8 Å². The Balaban J connectivity index is 1.53. The normalized spacial score (nSPS) is 27.9. The number of ether oxygens (including phenoxy) is 2. The van der Waals surface area contributed by atoms with Crippen molar-refractivity contribution in [3.05, 3.63) is 35.6 Å². The molecule has 1 unspecified atom stereocenters. The molecule has 41 heavy (non-hydrogen) atoms. The van der Waals surface area contributed by atoms with Gasteiger partial charge in [-0.2, -0.15) is 4.99 Å². The zero-order chi connectivity index (χ0) is 30.1. The lowest BCUT2D eigenvalue weighted by Gasteiger charge is -2.50. The van der Waals surface area contributed by atoms with E-state index < -0.39 is 56.9 Å². The van der Waals surface area contributed by atoms with Crippen LogP contribution in [0.15, 0.2) is 40.6 Å². The zero-order valence-electron chi connectivity index (χ0n) is 23.2. The fourth-order valence-electron chi connectivity index (χ4n) is 5.43. The number of piperidine rings is 1. The van der Waals surface area contributed by atoms with Gasteiger partial charge in [-0.1, -0.05) is 12.7 Å². The fraction of sp³-hybridized carbons (Fsp3) is 0.593. The first-order chi connectivity index (χ1) is 19.4. The molecule has 4 atom stereocenters. The number of β-lactam (4-membered cyclic amide) rings is 1. The van der Waals surface area contributed by atoms with Crippen LogP contribution < -0.4 is 0 Å². The molecule has 4 aliphatic rings. The number of isocyanates is 1. The van der Waals surface area contributed by atoms with Crippen LogP contribution in [0, 0.1) is 5.92 Å². The largest absolute Gasteiger partial charge is 0.477 e. The Kier molecular flexibility index (Phi) is 8.95. The Labute approximate surface area is 240 Å². The van der Waals surface area contributed by atoms with Crippen molar-refractivity contribution in [3.8, 4) is 0 Å². The number of hydrogen-bond acceptors (Lipinski definition) is 9. The summed E-state index contributed by atoms with van der Waals surface area (Å²) in [4.78, 5) is 69.8. The van der Waals surface area contributed by atoms with Gasteiger partial charge in [0.15, 0.2) is 16.9 Å². The molecule has 0 spiro atoms. The van der Waals surface area contributed by atoms with E-state index in [0.717, 1.165) is 4.90 Å². The highest BCUT2D eigenvalue weighted by Gasteiger charge is 2.60. The summed E-state index contributed by atoms with van der Waals surface area (Å²) in [7, 11) is -2.04. The number of carbonyl (C=O) groups excluding carboxylic acids is 4. The maximum absolute atomic E-state index is 13.5. The number of hydrogen-bond donors (Lipinski definition) is 1. The molecule has 14 heteroatoms. The Bertz CT molecular complexity index is 1270. The van der Waals surface area contributed by atoms with E-state index >= 15 is 0 Å². The van der Waals surface area contributed by atoms with Gasteiger partial charge in [-0.3, -0.25) is 18.7 Å². The number of amides is 3. The molecule has 0 saturated carbocycles. The molecule has 3 saturated heterocycles. The Hall–Kier alpha value is -3.61. The maximum Gasteiger partial charge on any atom is 0.410 e. The summed E-state index contributed by atoms with van der Waals surface area (Å²) in [5.41, 5.74) is -1.15. The number of carbonyl (C=O) groups is 4. The highest BCUT2D eigenvalue weighted by Crippen LogP contribution is 2.42. The summed E-state index contributed by atoms with van der Waals surface area (Å²) >= 11 is 0. The first-order valence-electron chi connectivity index (χ1n) is 13.3. The molecule has 3 fully saturated rings. The predicted molar refractivity (Wildman–Crippen MR) is 145 cm³/mol. The SMILES string of the molecule is C=CCOC(=O)N1CCC(CN2CCC(=CC3=C(C(=O)O)N4C(=O)[C@@H](OC(C)(C)C)[C@H]4[S@@](=O)C3N=C=O)C2=O)CC1. The molecule has 4 rings (SSSR count). The first kappa shape index (κ1) is 30.4. The molecule has 0 aromatic carbocycles. The minimum absolute atomic E-state index is 0.140. The summed E-state index contributed by atoms with van der Waals surface area (Å²) in [5, 5.41) is 7.48. The summed E-state index contributed by atoms with van der Waals surface area (Å²) in [5.74, 6) is -2.31. The van der Waals surface area contributed by atoms with Crippen molar-refractivity contribution in [1.29, 1.82) is 0 Å². The molecule has 4 heterocycles. The summed E-state index contributed by atoms with van der Waals surface area (Å²) in [6.07, 6.45) is 4.26. The lowest BCUT2D eigenvalue weighted by Crippen LogP contribution is -2.71. The molecule has 222 valence electrons. The third-order valence-corrected chi connectivity index (χ3v) is 9.04. The number of fused-ring (bicyclic) bond motifs is 1. The highest BCUT2D eigenvalue weighted by molar-refractivity contribution is 7.86. The highest BCUT2D eigenvalue weighted by atomic mass is 32.2. The van der Waals surface area contributed by atoms with Crippen molar-refractivity contribution in [1.82, 2.24) is 14.7 Å². The van der Waals surface area contributed by atoms with Crippen LogP contribution in [-0.4, -0.2) is 109 Å². The quantitative estimate of drug-likeness (QED) is 0.144. The van der Waals surface area contributed by atoms with Crippen molar-refractivity contribution in [3.63, 3.8) is 0 Å². The number of likely N-dealkylation sites (tertiary alicyclic amines) is 2. The summed E-state index contributed by atoms with van der Waals surface area (Å²) < 4.78 is 24.3. The number of nitrogens with zero attached hydrogens (tertiary/aromatic N) is 4. The second-order valence-electron chi connectivity index (χ2n) is 11.2. The topological polar surface area (TPSA) is 163 Å². The Morgan fingerprint density at radius 3 is 2.49 bits per heavy atom. The lowest BCUT2D eigenvalue weighted by atomic mass is 9.96. The molecule has 13 nitrogen and oxygen atoms in total. The van der Waals surface area contributed by atoms with Gasteiger partial charge in [-0.25, -0.2) is 14.4 Å². The predicted octanol–water partition coefficient (Wildman–Crippen LogP) is 1.29. The van der Waals surface area contributed by atoms with Crippen LogP contribution in [0.5, 0.6) is 0 Å². The van der Waals surface area contributed by atoms with E-state index in [4.69, 9.17) is 9.47 Å². The van der Waals surface area contributed by atoms with Gasteiger partial charge >= 0.3 is 12.1 Å². The van der Waals surface area contributed by atoms with Crippen molar-refractivity contribution in [2.24, 2.45) is 10.9 Å². The van der Waals surface area contributed by atoms with E-state index in [9.17, 15) is 33.3 Å². The molecule has 3 amide bonds. The first-order valence-corrected chi connectivity index (χ1v) is 14.6. The third kappa shape index (κ3) is 6.19. The summed E-state index contributed by atoms with van der Waals surface area (Å²) in [6, 6.07) is 0. The third-order valence-electron chi connectivity index (χ3n) is 7.30. The second-order valence-corrected chi connectivity index (χ2v) is 12.8. The average Bonchev–Trinajstić information content (AvgIpc) is 3.25. The fourth-order valence-corrected chi connectivity index (χ4v) is 7.11. The van der Waals surface area contributed by atoms with Gasteiger partial charge in [0.2, 0.25) is 12.0 Å². The van der Waals surface area contributed by atoms with Crippen molar-refractivity contribution in [2.45, 2.75) is 62.5 Å². The van der Waals surface area contributed by atoms with E-state index in [0.29, 0.717) is 45.4 Å². The maximum atomic E-state index is 13.5. The summed E-state index contributed by atoms with van der Waals surface area (Å²) in [6.45, 7) is 10.6. The van der Waals surface area contributed by atoms with Crippen LogP contribution in [0.3, 0.4) is 0 Å². The van der Waals surface area contributed by atoms with Gasteiger partial charge in [-0.15, -0.1) is 0 Å². The number of carboxylic acids is 1. The molecular formula is C27H34N4O9S. The van der Waals surface area contributed by atoms with E-state index in [1.807, 2.05) is 0 Å². The van der Waals surface area contributed by atoms with Crippen LogP contribution in [0.1, 0.15) is 40.0 Å². The Morgan fingerprint density at radius 1 is 1.22 bits per heavy atom. The smallest absolute Gasteiger partial charge is 0.410 e. The van der Waals surface area contributed by atoms with Crippen molar-refractivity contribution >= 4 is 40.8 Å². The molecule has 0 radical (unpaired) electrons. The molecular weight excluding hydrogens is 556 g/mol. The minimum Gasteiger partial charge on any atom is -0.477 e. The molecule has 0 aliphatic carbocycles. The lowest BCUT2D eigenvalue weighted by molar-refractivity contribution is -0.178. The van der Waals surface area contributed by atoms with Crippen LogP contribution >= 0.6 is 0 Å². The van der Waals surface area contributed by atoms with Crippen molar-refractivity contribution < 1.29 is 42.8 Å². The Morgan fingerprint density at radius 2 is 1.90 bits per heavy atom. The van der Waals surface area contributed by atoms with E-state index in [-0.39, 0.29) is 29.6 Å². The van der Waals surface area contributed by atoms with E-state index in [1.54, 1.807) is 30.6 Å².